The van der Waals surface area contributed by atoms with Crippen LogP contribution in [0.25, 0.3) is 10.9 Å². The Kier molecular flexibility index (Phi) is 3.71. The smallest absolute Gasteiger partial charge is 0.376 e. The lowest BCUT2D eigenvalue weighted by molar-refractivity contribution is -0.265. The molecule has 0 bridgehead atoms. The van der Waals surface area contributed by atoms with Crippen LogP contribution in [-0.2, 0) is 16.8 Å². The average Bonchev–Trinajstić information content (AvgIpc) is 3.11. The largest absolute Gasteiger partial charge is 0.421 e. The molecule has 1 aliphatic carbocycles. The molecule has 2 aliphatic rings. The van der Waals surface area contributed by atoms with Crippen LogP contribution in [0.15, 0.2) is 16.7 Å². The number of halogens is 4. The summed E-state index contributed by atoms with van der Waals surface area (Å²) in [6.07, 6.45) is -0.675. The molecule has 0 spiro atoms. The number of ether oxygens (including phenoxy) is 1. The van der Waals surface area contributed by atoms with Gasteiger partial charge in [0.05, 0.1) is 11.7 Å². The van der Waals surface area contributed by atoms with Crippen molar-refractivity contribution in [2.24, 2.45) is 0 Å². The third-order valence-electron chi connectivity index (χ3n) is 4.99. The minimum atomic E-state index is -4.71. The van der Waals surface area contributed by atoms with Crippen molar-refractivity contribution in [1.29, 1.82) is 0 Å². The summed E-state index contributed by atoms with van der Waals surface area (Å²) in [5.74, 6) is 0. The average molecular weight is 405 g/mol. The third-order valence-corrected chi connectivity index (χ3v) is 5.81. The lowest BCUT2D eigenvalue weighted by Gasteiger charge is -2.28. The Morgan fingerprint density at radius 2 is 2.17 bits per heavy atom. The molecule has 1 N–H and O–H groups in total. The van der Waals surface area contributed by atoms with E-state index >= 15 is 0 Å². The predicted molar refractivity (Wildman–Crippen MR) is 84.5 cm³/mol. The number of hydrogen-bond acceptors (Lipinski definition) is 3. The van der Waals surface area contributed by atoms with Crippen molar-refractivity contribution >= 4 is 26.8 Å². The Balaban J connectivity index is 1.88. The molecule has 4 rings (SSSR count). The molecule has 2 atom stereocenters. The van der Waals surface area contributed by atoms with Gasteiger partial charge in [-0.3, -0.25) is 0 Å². The van der Waals surface area contributed by atoms with Gasteiger partial charge in [0.15, 0.2) is 11.8 Å². The molecule has 1 aromatic heterocycles. The van der Waals surface area contributed by atoms with Crippen molar-refractivity contribution in [2.75, 3.05) is 6.61 Å². The highest BCUT2D eigenvalue weighted by molar-refractivity contribution is 9.10. The molecule has 2 aromatic rings. The fourth-order valence-corrected chi connectivity index (χ4v) is 4.60. The van der Waals surface area contributed by atoms with E-state index in [0.717, 1.165) is 24.8 Å². The second-order valence-corrected chi connectivity index (χ2v) is 7.22. The van der Waals surface area contributed by atoms with Gasteiger partial charge in [0, 0.05) is 22.0 Å². The van der Waals surface area contributed by atoms with E-state index < -0.39 is 11.8 Å². The molecule has 1 saturated heterocycles. The number of aliphatic hydroxyl groups is 1. The monoisotopic (exact) mass is 404 g/mol. The molecule has 0 amide bonds. The van der Waals surface area contributed by atoms with Crippen LogP contribution in [0, 0.1) is 0 Å². The number of aromatic nitrogens is 2. The van der Waals surface area contributed by atoms with Gasteiger partial charge in [0.1, 0.15) is 0 Å². The number of benzene rings is 1. The van der Waals surface area contributed by atoms with Crippen LogP contribution >= 0.6 is 15.9 Å². The van der Waals surface area contributed by atoms with Crippen LogP contribution in [0.1, 0.15) is 43.0 Å². The normalized spacial score (nSPS) is 27.6. The van der Waals surface area contributed by atoms with Crippen LogP contribution in [0.4, 0.5) is 13.2 Å². The second kappa shape index (κ2) is 5.44. The molecule has 1 aromatic carbocycles. The van der Waals surface area contributed by atoms with Gasteiger partial charge in [-0.15, -0.1) is 0 Å². The molecule has 4 nitrogen and oxygen atoms in total. The molecular weight excluding hydrogens is 389 g/mol. The fourth-order valence-electron chi connectivity index (χ4n) is 3.71. The molecule has 2 heterocycles. The number of aryl methyl sites for hydroxylation is 1. The molecular formula is C16H16BrF3N2O2. The van der Waals surface area contributed by atoms with Gasteiger partial charge in [0.2, 0.25) is 0 Å². The van der Waals surface area contributed by atoms with E-state index in [0.29, 0.717) is 17.6 Å². The number of hydrogen-bond donors (Lipinski definition) is 1. The van der Waals surface area contributed by atoms with E-state index in [4.69, 9.17) is 4.74 Å². The highest BCUT2D eigenvalue weighted by Crippen LogP contribution is 2.52. The summed E-state index contributed by atoms with van der Waals surface area (Å²) in [7, 11) is 0. The maximum atomic E-state index is 13.4. The second-order valence-electron chi connectivity index (χ2n) is 6.43. The zero-order valence-electron chi connectivity index (χ0n) is 12.7. The van der Waals surface area contributed by atoms with Crippen molar-refractivity contribution in [3.05, 3.63) is 27.9 Å². The first-order valence-corrected chi connectivity index (χ1v) is 8.72. The first kappa shape index (κ1) is 16.4. The van der Waals surface area contributed by atoms with Crippen LogP contribution in [-0.4, -0.2) is 27.7 Å². The molecule has 24 heavy (non-hydrogen) atoms. The quantitative estimate of drug-likeness (QED) is 0.774. The molecule has 1 fully saturated rings. The third kappa shape index (κ3) is 2.23. The van der Waals surface area contributed by atoms with Gasteiger partial charge in [-0.1, -0.05) is 0 Å². The van der Waals surface area contributed by atoms with Crippen molar-refractivity contribution in [1.82, 2.24) is 9.78 Å². The van der Waals surface area contributed by atoms with Crippen LogP contribution in [0.5, 0.6) is 0 Å². The summed E-state index contributed by atoms with van der Waals surface area (Å²) in [4.78, 5) is 0. The minimum absolute atomic E-state index is 0.0772. The SMILES string of the molecule is OC1(C(F)(F)F)CCc2cc3c(cnn3C3CCCCO3)c(Br)c21. The van der Waals surface area contributed by atoms with Gasteiger partial charge >= 0.3 is 6.18 Å². The highest BCUT2D eigenvalue weighted by atomic mass is 79.9. The Morgan fingerprint density at radius 3 is 2.83 bits per heavy atom. The van der Waals surface area contributed by atoms with Gasteiger partial charge in [0.25, 0.3) is 0 Å². The van der Waals surface area contributed by atoms with Crippen molar-refractivity contribution in [3.63, 3.8) is 0 Å². The maximum Gasteiger partial charge on any atom is 0.421 e. The van der Waals surface area contributed by atoms with Crippen LogP contribution in [0.3, 0.4) is 0 Å². The molecule has 0 saturated carbocycles. The molecule has 0 radical (unpaired) electrons. The minimum Gasteiger partial charge on any atom is -0.376 e. The molecule has 1 aliphatic heterocycles. The predicted octanol–water partition coefficient (Wildman–Crippen LogP) is 4.19. The van der Waals surface area contributed by atoms with Crippen LogP contribution < -0.4 is 0 Å². The summed E-state index contributed by atoms with van der Waals surface area (Å²) >= 11 is 3.28. The Bertz CT molecular complexity index is 799. The van der Waals surface area contributed by atoms with Crippen molar-refractivity contribution < 1.29 is 23.0 Å². The standard InChI is InChI=1S/C16H16BrF3N2O2/c17-14-10-8-21-22(12-3-1-2-6-24-12)11(10)7-9-4-5-15(23,13(9)14)16(18,19)20/h7-8,12,23H,1-6H2. The summed E-state index contributed by atoms with van der Waals surface area (Å²) in [5.41, 5.74) is -1.64. The van der Waals surface area contributed by atoms with Gasteiger partial charge in [-0.2, -0.15) is 18.3 Å². The van der Waals surface area contributed by atoms with Gasteiger partial charge in [-0.05, 0) is 59.7 Å². The van der Waals surface area contributed by atoms with Gasteiger partial charge < -0.3 is 9.84 Å². The lowest BCUT2D eigenvalue weighted by atomic mass is 9.94. The Labute approximate surface area is 144 Å². The van der Waals surface area contributed by atoms with Crippen molar-refractivity contribution in [3.8, 4) is 0 Å². The van der Waals surface area contributed by atoms with E-state index in [-0.39, 0.29) is 29.1 Å². The molecule has 8 heteroatoms. The summed E-state index contributed by atoms with van der Waals surface area (Å²) in [5, 5.41) is 15.2. The highest BCUT2D eigenvalue weighted by Gasteiger charge is 2.59. The summed E-state index contributed by atoms with van der Waals surface area (Å²) in [6, 6.07) is 1.71. The molecule has 130 valence electrons. The number of alkyl halides is 3. The van der Waals surface area contributed by atoms with E-state index in [1.807, 2.05) is 0 Å². The summed E-state index contributed by atoms with van der Waals surface area (Å²) in [6.45, 7) is 0.659. The van der Waals surface area contributed by atoms with E-state index in [2.05, 4.69) is 21.0 Å². The lowest BCUT2D eigenvalue weighted by Crippen LogP contribution is -2.40. The van der Waals surface area contributed by atoms with E-state index in [1.54, 1.807) is 10.7 Å². The summed E-state index contributed by atoms with van der Waals surface area (Å²) < 4.78 is 47.9. The fraction of sp³-hybridized carbons (Fsp3) is 0.562. The number of rotatable bonds is 1. The van der Waals surface area contributed by atoms with Gasteiger partial charge in [-0.25, -0.2) is 4.68 Å². The zero-order valence-corrected chi connectivity index (χ0v) is 14.3. The first-order chi connectivity index (χ1) is 11.3. The maximum absolute atomic E-state index is 13.4. The van der Waals surface area contributed by atoms with Crippen LogP contribution in [0.2, 0.25) is 0 Å². The Hall–Kier alpha value is -1.12. The zero-order chi connectivity index (χ0) is 17.1. The number of fused-ring (bicyclic) bond motifs is 2. The molecule has 2 unspecified atom stereocenters. The van der Waals surface area contributed by atoms with E-state index in [9.17, 15) is 18.3 Å². The van der Waals surface area contributed by atoms with Crippen molar-refractivity contribution in [2.45, 2.75) is 50.1 Å². The topological polar surface area (TPSA) is 47.3 Å². The first-order valence-electron chi connectivity index (χ1n) is 7.93. The number of nitrogens with zero attached hydrogens (tertiary/aromatic N) is 2. The van der Waals surface area contributed by atoms with E-state index in [1.165, 1.54) is 6.20 Å². The Morgan fingerprint density at radius 1 is 1.38 bits per heavy atom.